The van der Waals surface area contributed by atoms with Crippen LogP contribution >= 0.6 is 0 Å². The molecule has 1 amide bonds. The smallest absolute Gasteiger partial charge is 0.261 e. The minimum absolute atomic E-state index is 0.0684. The summed E-state index contributed by atoms with van der Waals surface area (Å²) in [5.74, 6) is 0.820. The Labute approximate surface area is 148 Å². The number of aromatic nitrogens is 3. The fourth-order valence-corrected chi connectivity index (χ4v) is 2.80. The second-order valence-corrected chi connectivity index (χ2v) is 5.95. The predicted molar refractivity (Wildman–Crippen MR) is 96.7 cm³/mol. The molecule has 0 radical (unpaired) electrons. The Morgan fingerprint density at radius 2 is 1.96 bits per heavy atom. The number of carbonyl (C=O) groups is 1. The van der Waals surface area contributed by atoms with Crippen molar-refractivity contribution in [2.75, 3.05) is 7.05 Å². The second-order valence-electron chi connectivity index (χ2n) is 5.95. The van der Waals surface area contributed by atoms with E-state index in [-0.39, 0.29) is 18.0 Å². The Kier molecular flexibility index (Phi) is 3.89. The Morgan fingerprint density at radius 1 is 1.12 bits per heavy atom. The van der Waals surface area contributed by atoms with Crippen molar-refractivity contribution in [2.45, 2.75) is 6.54 Å². The molecule has 4 aromatic rings. The number of imidazole rings is 1. The van der Waals surface area contributed by atoms with E-state index < -0.39 is 5.56 Å². The standard InChI is InChI=1S/C19H16N4O3/c1-23(11-17-20-13-5-2-3-6-14(13)21-17)19(25)12-8-9-15(22-18(12)24)16-7-4-10-26-16/h2-10H,11H2,1H3,(H,20,21)(H,22,24). The van der Waals surface area contributed by atoms with Crippen LogP contribution in [-0.2, 0) is 6.54 Å². The van der Waals surface area contributed by atoms with E-state index >= 15 is 0 Å². The highest BCUT2D eigenvalue weighted by Gasteiger charge is 2.18. The van der Waals surface area contributed by atoms with Gasteiger partial charge in [-0.05, 0) is 36.4 Å². The molecule has 7 heteroatoms. The van der Waals surface area contributed by atoms with Crippen LogP contribution in [0.4, 0.5) is 0 Å². The van der Waals surface area contributed by atoms with E-state index in [1.54, 1.807) is 25.2 Å². The number of aromatic amines is 2. The zero-order valence-electron chi connectivity index (χ0n) is 14.0. The van der Waals surface area contributed by atoms with Gasteiger partial charge in [-0.25, -0.2) is 4.98 Å². The Hall–Kier alpha value is -3.61. The maximum atomic E-state index is 12.6. The molecule has 130 valence electrons. The topological polar surface area (TPSA) is 95.0 Å². The molecule has 0 saturated heterocycles. The third kappa shape index (κ3) is 2.90. The number of hydrogen-bond donors (Lipinski definition) is 2. The number of benzene rings is 1. The molecule has 0 spiro atoms. The van der Waals surface area contributed by atoms with Crippen molar-refractivity contribution in [1.82, 2.24) is 19.9 Å². The van der Waals surface area contributed by atoms with Crippen molar-refractivity contribution in [3.05, 3.63) is 76.5 Å². The lowest BCUT2D eigenvalue weighted by Crippen LogP contribution is -2.31. The van der Waals surface area contributed by atoms with E-state index in [0.717, 1.165) is 11.0 Å². The molecule has 2 N–H and O–H groups in total. The first kappa shape index (κ1) is 15.9. The van der Waals surface area contributed by atoms with Gasteiger partial charge in [0.1, 0.15) is 17.1 Å². The van der Waals surface area contributed by atoms with Crippen LogP contribution in [0.15, 0.2) is 64.0 Å². The Balaban J connectivity index is 1.55. The first-order chi connectivity index (χ1) is 12.6. The van der Waals surface area contributed by atoms with Crippen molar-refractivity contribution in [1.29, 1.82) is 0 Å². The van der Waals surface area contributed by atoms with E-state index in [9.17, 15) is 9.59 Å². The van der Waals surface area contributed by atoms with E-state index in [1.807, 2.05) is 24.3 Å². The number of rotatable bonds is 4. The van der Waals surface area contributed by atoms with Gasteiger partial charge in [0, 0.05) is 7.05 Å². The zero-order valence-corrected chi connectivity index (χ0v) is 14.0. The molecule has 0 fully saturated rings. The van der Waals surface area contributed by atoms with Gasteiger partial charge in [-0.1, -0.05) is 12.1 Å². The Bertz CT molecular complexity index is 1090. The lowest BCUT2D eigenvalue weighted by Gasteiger charge is -2.15. The normalized spacial score (nSPS) is 11.0. The second kappa shape index (κ2) is 6.36. The van der Waals surface area contributed by atoms with Gasteiger partial charge in [-0.2, -0.15) is 0 Å². The molecular formula is C19H16N4O3. The number of para-hydroxylation sites is 2. The summed E-state index contributed by atoms with van der Waals surface area (Å²) in [7, 11) is 1.63. The first-order valence-electron chi connectivity index (χ1n) is 8.08. The van der Waals surface area contributed by atoms with Crippen LogP contribution in [0.1, 0.15) is 16.2 Å². The minimum Gasteiger partial charge on any atom is -0.463 e. The third-order valence-corrected chi connectivity index (χ3v) is 4.10. The number of pyridine rings is 1. The van der Waals surface area contributed by atoms with Gasteiger partial charge in [-0.3, -0.25) is 9.59 Å². The summed E-state index contributed by atoms with van der Waals surface area (Å²) in [5.41, 5.74) is 1.88. The number of amides is 1. The highest BCUT2D eigenvalue weighted by atomic mass is 16.3. The van der Waals surface area contributed by atoms with Crippen LogP contribution in [0, 0.1) is 0 Å². The summed E-state index contributed by atoms with van der Waals surface area (Å²) in [6.07, 6.45) is 1.52. The summed E-state index contributed by atoms with van der Waals surface area (Å²) in [6, 6.07) is 14.3. The molecule has 0 bridgehead atoms. The van der Waals surface area contributed by atoms with Gasteiger partial charge in [0.15, 0.2) is 0 Å². The lowest BCUT2D eigenvalue weighted by molar-refractivity contribution is 0.0780. The average molecular weight is 348 g/mol. The van der Waals surface area contributed by atoms with Gasteiger partial charge in [0.05, 0.1) is 29.5 Å². The SMILES string of the molecule is CN(Cc1nc2ccccc2[nH]1)C(=O)c1ccc(-c2ccco2)[nH]c1=O. The van der Waals surface area contributed by atoms with E-state index in [0.29, 0.717) is 17.3 Å². The number of furan rings is 1. The maximum Gasteiger partial charge on any atom is 0.261 e. The zero-order chi connectivity index (χ0) is 18.1. The summed E-state index contributed by atoms with van der Waals surface area (Å²) in [5, 5.41) is 0. The van der Waals surface area contributed by atoms with Crippen molar-refractivity contribution in [2.24, 2.45) is 0 Å². The summed E-state index contributed by atoms with van der Waals surface area (Å²) >= 11 is 0. The number of hydrogen-bond acceptors (Lipinski definition) is 4. The molecule has 4 rings (SSSR count). The van der Waals surface area contributed by atoms with Crippen LogP contribution < -0.4 is 5.56 Å². The first-order valence-corrected chi connectivity index (χ1v) is 8.08. The summed E-state index contributed by atoms with van der Waals surface area (Å²) < 4.78 is 5.25. The fraction of sp³-hybridized carbons (Fsp3) is 0.105. The van der Waals surface area contributed by atoms with Crippen LogP contribution in [0.3, 0.4) is 0 Å². The highest BCUT2D eigenvalue weighted by Crippen LogP contribution is 2.16. The molecule has 26 heavy (non-hydrogen) atoms. The summed E-state index contributed by atoms with van der Waals surface area (Å²) in [6.45, 7) is 0.271. The molecule has 3 aromatic heterocycles. The van der Waals surface area contributed by atoms with Crippen LogP contribution in [0.25, 0.3) is 22.5 Å². The molecule has 7 nitrogen and oxygen atoms in total. The predicted octanol–water partition coefficient (Wildman–Crippen LogP) is 2.78. The van der Waals surface area contributed by atoms with Crippen molar-refractivity contribution >= 4 is 16.9 Å². The van der Waals surface area contributed by atoms with E-state index in [1.165, 1.54) is 17.2 Å². The fourth-order valence-electron chi connectivity index (χ4n) is 2.80. The lowest BCUT2D eigenvalue weighted by atomic mass is 10.2. The van der Waals surface area contributed by atoms with Gasteiger partial charge in [-0.15, -0.1) is 0 Å². The van der Waals surface area contributed by atoms with Gasteiger partial charge >= 0.3 is 0 Å². The monoisotopic (exact) mass is 348 g/mol. The van der Waals surface area contributed by atoms with Gasteiger partial charge < -0.3 is 19.3 Å². The molecule has 0 aliphatic rings. The highest BCUT2D eigenvalue weighted by molar-refractivity contribution is 5.93. The molecule has 1 aromatic carbocycles. The summed E-state index contributed by atoms with van der Waals surface area (Å²) in [4.78, 5) is 36.7. The van der Waals surface area contributed by atoms with Crippen molar-refractivity contribution < 1.29 is 9.21 Å². The number of H-pyrrole nitrogens is 2. The van der Waals surface area contributed by atoms with Crippen molar-refractivity contribution in [3.63, 3.8) is 0 Å². The molecule has 0 unspecified atom stereocenters. The average Bonchev–Trinajstić information content (AvgIpc) is 3.30. The number of nitrogens with one attached hydrogen (secondary N) is 2. The third-order valence-electron chi connectivity index (χ3n) is 4.10. The number of carbonyl (C=O) groups excluding carboxylic acids is 1. The Morgan fingerprint density at radius 3 is 2.69 bits per heavy atom. The van der Waals surface area contributed by atoms with Crippen molar-refractivity contribution in [3.8, 4) is 11.5 Å². The van der Waals surface area contributed by atoms with Crippen LogP contribution in [0.5, 0.6) is 0 Å². The molecule has 0 aliphatic heterocycles. The van der Waals surface area contributed by atoms with Crippen LogP contribution in [0.2, 0.25) is 0 Å². The molecule has 0 atom stereocenters. The largest absolute Gasteiger partial charge is 0.463 e. The molecular weight excluding hydrogens is 332 g/mol. The molecule has 0 saturated carbocycles. The quantitative estimate of drug-likeness (QED) is 0.593. The maximum absolute atomic E-state index is 12.6. The van der Waals surface area contributed by atoms with E-state index in [4.69, 9.17) is 4.42 Å². The van der Waals surface area contributed by atoms with Gasteiger partial charge in [0.2, 0.25) is 0 Å². The number of nitrogens with zero attached hydrogens (tertiary/aromatic N) is 2. The van der Waals surface area contributed by atoms with Gasteiger partial charge in [0.25, 0.3) is 11.5 Å². The molecule has 3 heterocycles. The molecule has 0 aliphatic carbocycles. The number of fused-ring (bicyclic) bond motifs is 1. The minimum atomic E-state index is -0.458. The van der Waals surface area contributed by atoms with E-state index in [2.05, 4.69) is 15.0 Å². The van der Waals surface area contributed by atoms with Crippen LogP contribution in [-0.4, -0.2) is 32.8 Å².